The summed E-state index contributed by atoms with van der Waals surface area (Å²) in [4.78, 5) is 2.64. The van der Waals surface area contributed by atoms with Gasteiger partial charge in [0.25, 0.3) is 0 Å². The van der Waals surface area contributed by atoms with E-state index in [1.807, 2.05) is 32.2 Å². The zero-order valence-electron chi connectivity index (χ0n) is 9.77. The van der Waals surface area contributed by atoms with E-state index in [2.05, 4.69) is 17.9 Å². The maximum Gasteiger partial charge on any atom is 0.0899 e. The van der Waals surface area contributed by atoms with E-state index in [9.17, 15) is 0 Å². The standard InChI is InChI=1S/C12H17ClN2S/c1-8(15(3)9(2)12(14)16)10-5-4-6-11(13)7-10/h4-9H,1-3H3,(H2,14,16). The van der Waals surface area contributed by atoms with Crippen LogP contribution in [0.3, 0.4) is 0 Å². The lowest BCUT2D eigenvalue weighted by Gasteiger charge is -2.30. The molecule has 0 aromatic heterocycles. The van der Waals surface area contributed by atoms with E-state index in [1.165, 1.54) is 0 Å². The van der Waals surface area contributed by atoms with Crippen molar-refractivity contribution in [3.05, 3.63) is 34.9 Å². The molecule has 0 amide bonds. The summed E-state index contributed by atoms with van der Waals surface area (Å²) < 4.78 is 0. The molecule has 2 nitrogen and oxygen atoms in total. The molecule has 2 unspecified atom stereocenters. The molecule has 0 aliphatic carbocycles. The second-order valence-corrected chi connectivity index (χ2v) is 4.88. The van der Waals surface area contributed by atoms with E-state index in [0.717, 1.165) is 10.6 Å². The van der Waals surface area contributed by atoms with E-state index in [-0.39, 0.29) is 12.1 Å². The minimum absolute atomic E-state index is 0.0731. The van der Waals surface area contributed by atoms with Gasteiger partial charge in [-0.2, -0.15) is 0 Å². The third-order valence-electron chi connectivity index (χ3n) is 2.96. The highest BCUT2D eigenvalue weighted by Crippen LogP contribution is 2.23. The Balaban J connectivity index is 2.85. The summed E-state index contributed by atoms with van der Waals surface area (Å²) in [6.07, 6.45) is 0. The SMILES string of the molecule is CC(C(N)=S)N(C)C(C)c1cccc(Cl)c1. The van der Waals surface area contributed by atoms with Crippen LogP contribution < -0.4 is 5.73 Å². The van der Waals surface area contributed by atoms with E-state index in [0.29, 0.717) is 4.99 Å². The van der Waals surface area contributed by atoms with Gasteiger partial charge < -0.3 is 5.73 Å². The molecule has 1 aromatic rings. The Morgan fingerprint density at radius 2 is 2.06 bits per heavy atom. The maximum atomic E-state index is 5.97. The Bertz CT molecular complexity index is 381. The smallest absolute Gasteiger partial charge is 0.0899 e. The monoisotopic (exact) mass is 256 g/mol. The number of hydrogen-bond acceptors (Lipinski definition) is 2. The number of nitrogens with two attached hydrogens (primary N) is 1. The molecule has 0 fully saturated rings. The van der Waals surface area contributed by atoms with Crippen molar-refractivity contribution in [3.63, 3.8) is 0 Å². The molecule has 2 atom stereocenters. The lowest BCUT2D eigenvalue weighted by Crippen LogP contribution is -2.40. The van der Waals surface area contributed by atoms with Gasteiger partial charge in [-0.05, 0) is 38.6 Å². The first-order chi connectivity index (χ1) is 7.43. The Hall–Kier alpha value is -0.640. The predicted octanol–water partition coefficient (Wildman–Crippen LogP) is 3.01. The van der Waals surface area contributed by atoms with Gasteiger partial charge in [-0.3, -0.25) is 4.90 Å². The largest absolute Gasteiger partial charge is 0.392 e. The molecule has 16 heavy (non-hydrogen) atoms. The molecule has 88 valence electrons. The van der Waals surface area contributed by atoms with Crippen molar-refractivity contribution in [1.82, 2.24) is 4.90 Å². The van der Waals surface area contributed by atoms with Gasteiger partial charge in [0.1, 0.15) is 0 Å². The summed E-state index contributed by atoms with van der Waals surface area (Å²) in [6.45, 7) is 4.11. The van der Waals surface area contributed by atoms with Crippen molar-refractivity contribution in [2.24, 2.45) is 5.73 Å². The second kappa shape index (κ2) is 5.62. The maximum absolute atomic E-state index is 5.97. The van der Waals surface area contributed by atoms with Gasteiger partial charge in [-0.1, -0.05) is 36.0 Å². The van der Waals surface area contributed by atoms with Gasteiger partial charge in [0.2, 0.25) is 0 Å². The van der Waals surface area contributed by atoms with Gasteiger partial charge in [-0.15, -0.1) is 0 Å². The van der Waals surface area contributed by atoms with Crippen LogP contribution in [0.5, 0.6) is 0 Å². The Morgan fingerprint density at radius 1 is 1.44 bits per heavy atom. The average Bonchev–Trinajstić information content (AvgIpc) is 2.26. The number of nitrogens with zero attached hydrogens (tertiary/aromatic N) is 1. The van der Waals surface area contributed by atoms with Gasteiger partial charge in [0, 0.05) is 11.1 Å². The van der Waals surface area contributed by atoms with E-state index in [1.54, 1.807) is 0 Å². The minimum atomic E-state index is 0.0731. The fraction of sp³-hybridized carbons (Fsp3) is 0.417. The molecule has 1 rings (SSSR count). The normalized spacial score (nSPS) is 14.8. The molecule has 0 bridgehead atoms. The molecule has 4 heteroatoms. The van der Waals surface area contributed by atoms with Crippen LogP contribution in [0.4, 0.5) is 0 Å². The molecule has 0 spiro atoms. The van der Waals surface area contributed by atoms with Crippen LogP contribution in [-0.2, 0) is 0 Å². The fourth-order valence-electron chi connectivity index (χ4n) is 1.54. The topological polar surface area (TPSA) is 29.3 Å². The summed E-state index contributed by atoms with van der Waals surface area (Å²) in [5.74, 6) is 0. The first kappa shape index (κ1) is 13.4. The lowest BCUT2D eigenvalue weighted by atomic mass is 10.1. The highest BCUT2D eigenvalue weighted by atomic mass is 35.5. The lowest BCUT2D eigenvalue weighted by molar-refractivity contribution is 0.242. The first-order valence-corrected chi connectivity index (χ1v) is 5.99. The van der Waals surface area contributed by atoms with Crippen molar-refractivity contribution < 1.29 is 0 Å². The average molecular weight is 257 g/mol. The van der Waals surface area contributed by atoms with E-state index < -0.39 is 0 Å². The second-order valence-electron chi connectivity index (χ2n) is 3.97. The summed E-state index contributed by atoms with van der Waals surface area (Å²) in [7, 11) is 2.01. The van der Waals surface area contributed by atoms with Gasteiger partial charge in [0.05, 0.1) is 11.0 Å². The zero-order valence-corrected chi connectivity index (χ0v) is 11.3. The highest BCUT2D eigenvalue weighted by molar-refractivity contribution is 7.80. The van der Waals surface area contributed by atoms with Crippen molar-refractivity contribution in [2.75, 3.05) is 7.05 Å². The number of halogens is 1. The number of benzene rings is 1. The molecule has 2 N–H and O–H groups in total. The Labute approximate surface area is 107 Å². The van der Waals surface area contributed by atoms with Crippen LogP contribution in [0.15, 0.2) is 24.3 Å². The Morgan fingerprint density at radius 3 is 2.56 bits per heavy atom. The number of likely N-dealkylation sites (N-methyl/N-ethyl adjacent to an activating group) is 1. The summed E-state index contributed by atoms with van der Waals surface area (Å²) in [5, 5.41) is 0.751. The van der Waals surface area contributed by atoms with Crippen LogP contribution in [0.1, 0.15) is 25.5 Å². The zero-order chi connectivity index (χ0) is 12.3. The number of rotatable bonds is 4. The van der Waals surface area contributed by atoms with Gasteiger partial charge >= 0.3 is 0 Å². The highest BCUT2D eigenvalue weighted by Gasteiger charge is 2.19. The minimum Gasteiger partial charge on any atom is -0.392 e. The summed E-state index contributed by atoms with van der Waals surface area (Å²) >= 11 is 11.0. The number of thiocarbonyl (C=S) groups is 1. The van der Waals surface area contributed by atoms with Crippen LogP contribution in [0.2, 0.25) is 5.02 Å². The molecule has 0 radical (unpaired) electrons. The van der Waals surface area contributed by atoms with Crippen molar-refractivity contribution in [1.29, 1.82) is 0 Å². The molecule has 0 saturated heterocycles. The van der Waals surface area contributed by atoms with Crippen LogP contribution in [0.25, 0.3) is 0 Å². The molecule has 0 aliphatic heterocycles. The van der Waals surface area contributed by atoms with Crippen molar-refractivity contribution >= 4 is 28.8 Å². The fourth-order valence-corrected chi connectivity index (χ4v) is 1.90. The first-order valence-electron chi connectivity index (χ1n) is 5.20. The van der Waals surface area contributed by atoms with Crippen LogP contribution in [0, 0.1) is 0 Å². The summed E-state index contributed by atoms with van der Waals surface area (Å²) in [5.41, 5.74) is 6.81. The molecular formula is C12H17ClN2S. The molecule has 0 heterocycles. The Kier molecular flexibility index (Phi) is 4.71. The third-order valence-corrected chi connectivity index (χ3v) is 3.54. The van der Waals surface area contributed by atoms with Crippen molar-refractivity contribution in [3.8, 4) is 0 Å². The molecule has 0 aliphatic rings. The van der Waals surface area contributed by atoms with Gasteiger partial charge in [0.15, 0.2) is 0 Å². The summed E-state index contributed by atoms with van der Waals surface area (Å²) in [6, 6.07) is 8.15. The van der Waals surface area contributed by atoms with Gasteiger partial charge in [-0.25, -0.2) is 0 Å². The predicted molar refractivity (Wildman–Crippen MR) is 73.9 cm³/mol. The molecular weight excluding hydrogens is 240 g/mol. The van der Waals surface area contributed by atoms with E-state index >= 15 is 0 Å². The van der Waals surface area contributed by atoms with E-state index in [4.69, 9.17) is 29.6 Å². The van der Waals surface area contributed by atoms with Crippen LogP contribution >= 0.6 is 23.8 Å². The quantitative estimate of drug-likeness (QED) is 0.840. The molecule has 0 saturated carbocycles. The van der Waals surface area contributed by atoms with Crippen molar-refractivity contribution in [2.45, 2.75) is 25.9 Å². The van der Waals surface area contributed by atoms with Crippen LogP contribution in [-0.4, -0.2) is 23.0 Å². The number of hydrogen-bond donors (Lipinski definition) is 1. The third kappa shape index (κ3) is 3.17. The molecule has 1 aromatic carbocycles.